The van der Waals surface area contributed by atoms with Gasteiger partial charge in [-0.3, -0.25) is 9.00 Å². The zero-order chi connectivity index (χ0) is 14.0. The molecule has 0 saturated carbocycles. The molecule has 5 nitrogen and oxygen atoms in total. The highest BCUT2D eigenvalue weighted by molar-refractivity contribution is 7.84. The molecule has 0 aliphatic rings. The number of carbonyl (C=O) groups excluding carboxylic acids is 1. The molecule has 102 valence electrons. The first-order chi connectivity index (χ1) is 8.99. The van der Waals surface area contributed by atoms with Crippen LogP contribution in [0.25, 0.3) is 10.9 Å². The second-order valence-corrected chi connectivity index (χ2v) is 6.33. The largest absolute Gasteiger partial charge is 0.399 e. The fourth-order valence-electron chi connectivity index (χ4n) is 1.78. The Morgan fingerprint density at radius 2 is 2.26 bits per heavy atom. The minimum Gasteiger partial charge on any atom is -0.399 e. The van der Waals surface area contributed by atoms with Crippen molar-refractivity contribution in [3.63, 3.8) is 0 Å². The van der Waals surface area contributed by atoms with E-state index in [1.165, 1.54) is 0 Å². The number of fused-ring (bicyclic) bond motifs is 1. The van der Waals surface area contributed by atoms with Crippen molar-refractivity contribution < 1.29 is 9.00 Å². The molecular weight excluding hydrogens is 262 g/mol. The molecule has 0 saturated heterocycles. The summed E-state index contributed by atoms with van der Waals surface area (Å²) in [5, 5.41) is 3.51. The summed E-state index contributed by atoms with van der Waals surface area (Å²) in [6.45, 7) is 2.22. The van der Waals surface area contributed by atoms with Crippen LogP contribution in [0.15, 0.2) is 24.4 Å². The molecule has 1 aromatic carbocycles. The summed E-state index contributed by atoms with van der Waals surface area (Å²) in [5.41, 5.74) is 7.76. The third kappa shape index (κ3) is 2.96. The maximum atomic E-state index is 12.1. The Hall–Kier alpha value is -1.82. The number of nitrogens with two attached hydrogens (primary N) is 1. The SMILES string of the molecule is CC(CNC(=O)c1c[nH]c2ccc(N)cc12)S(C)=O. The number of aromatic amines is 1. The van der Waals surface area contributed by atoms with E-state index in [1.807, 2.05) is 13.0 Å². The van der Waals surface area contributed by atoms with Crippen molar-refractivity contribution in [2.45, 2.75) is 12.2 Å². The number of anilines is 1. The molecule has 0 spiro atoms. The molecule has 2 unspecified atom stereocenters. The minimum absolute atomic E-state index is 0.0702. The van der Waals surface area contributed by atoms with Crippen LogP contribution in [-0.4, -0.2) is 33.2 Å². The highest BCUT2D eigenvalue weighted by Crippen LogP contribution is 2.20. The lowest BCUT2D eigenvalue weighted by atomic mass is 10.1. The highest BCUT2D eigenvalue weighted by atomic mass is 32.2. The number of nitrogen functional groups attached to an aromatic ring is 1. The zero-order valence-electron chi connectivity index (χ0n) is 10.9. The third-order valence-electron chi connectivity index (χ3n) is 3.07. The Bertz CT molecular complexity index is 636. The van der Waals surface area contributed by atoms with E-state index in [0.29, 0.717) is 17.8 Å². The second kappa shape index (κ2) is 5.44. The van der Waals surface area contributed by atoms with Gasteiger partial charge in [0.05, 0.1) is 5.56 Å². The molecule has 2 aromatic rings. The van der Waals surface area contributed by atoms with Crippen LogP contribution < -0.4 is 11.1 Å². The van der Waals surface area contributed by atoms with Crippen molar-refractivity contribution in [3.05, 3.63) is 30.0 Å². The fourth-order valence-corrected chi connectivity index (χ4v) is 2.09. The first-order valence-corrected chi connectivity index (χ1v) is 7.58. The van der Waals surface area contributed by atoms with Crippen molar-refractivity contribution in [2.75, 3.05) is 18.5 Å². The standard InChI is InChI=1S/C13H17N3O2S/c1-8(19(2)18)6-16-13(17)11-7-15-12-4-3-9(14)5-10(11)12/h3-5,7-8,15H,6,14H2,1-2H3,(H,16,17). The van der Waals surface area contributed by atoms with Gasteiger partial charge in [0.25, 0.3) is 5.91 Å². The lowest BCUT2D eigenvalue weighted by Gasteiger charge is -2.09. The van der Waals surface area contributed by atoms with E-state index in [9.17, 15) is 9.00 Å². The molecule has 19 heavy (non-hydrogen) atoms. The topological polar surface area (TPSA) is 88.0 Å². The van der Waals surface area contributed by atoms with Gasteiger partial charge < -0.3 is 16.0 Å². The normalized spacial score (nSPS) is 14.2. The summed E-state index contributed by atoms with van der Waals surface area (Å²) in [5.74, 6) is -0.186. The van der Waals surface area contributed by atoms with Crippen molar-refractivity contribution >= 4 is 33.3 Å². The first kappa shape index (κ1) is 13.6. The van der Waals surface area contributed by atoms with Gasteiger partial charge in [0.2, 0.25) is 0 Å². The summed E-state index contributed by atoms with van der Waals surface area (Å²) in [6, 6.07) is 5.39. The van der Waals surface area contributed by atoms with Crippen molar-refractivity contribution in [2.24, 2.45) is 0 Å². The third-order valence-corrected chi connectivity index (χ3v) is 4.37. The second-order valence-electron chi connectivity index (χ2n) is 4.53. The molecule has 1 heterocycles. The Kier molecular flexibility index (Phi) is 3.90. The molecule has 0 radical (unpaired) electrons. The predicted octanol–water partition coefficient (Wildman–Crippen LogP) is 1.25. The molecule has 2 rings (SSSR count). The summed E-state index contributed by atoms with van der Waals surface area (Å²) >= 11 is 0. The van der Waals surface area contributed by atoms with Crippen LogP contribution in [0.3, 0.4) is 0 Å². The quantitative estimate of drug-likeness (QED) is 0.736. The number of benzene rings is 1. The number of nitrogens with one attached hydrogen (secondary N) is 2. The number of hydrogen-bond donors (Lipinski definition) is 3. The van der Waals surface area contributed by atoms with Crippen molar-refractivity contribution in [1.29, 1.82) is 0 Å². The predicted molar refractivity (Wildman–Crippen MR) is 78.6 cm³/mol. The average Bonchev–Trinajstić information content (AvgIpc) is 2.78. The van der Waals surface area contributed by atoms with E-state index < -0.39 is 10.8 Å². The molecule has 1 amide bonds. The highest BCUT2D eigenvalue weighted by Gasteiger charge is 2.14. The van der Waals surface area contributed by atoms with Crippen LogP contribution in [0.1, 0.15) is 17.3 Å². The Morgan fingerprint density at radius 1 is 1.53 bits per heavy atom. The first-order valence-electron chi connectivity index (χ1n) is 5.96. The number of amides is 1. The Labute approximate surface area is 114 Å². The van der Waals surface area contributed by atoms with Gasteiger partial charge in [0.1, 0.15) is 0 Å². The van der Waals surface area contributed by atoms with Gasteiger partial charge in [-0.15, -0.1) is 0 Å². The van der Waals surface area contributed by atoms with E-state index in [1.54, 1.807) is 24.6 Å². The van der Waals surface area contributed by atoms with E-state index in [4.69, 9.17) is 5.73 Å². The van der Waals surface area contributed by atoms with Crippen LogP contribution in [0.5, 0.6) is 0 Å². The van der Waals surface area contributed by atoms with E-state index in [2.05, 4.69) is 10.3 Å². The summed E-state index contributed by atoms with van der Waals surface area (Å²) in [4.78, 5) is 15.1. The molecule has 0 bridgehead atoms. The molecule has 1 aromatic heterocycles. The van der Waals surface area contributed by atoms with E-state index >= 15 is 0 Å². The van der Waals surface area contributed by atoms with E-state index in [-0.39, 0.29) is 11.2 Å². The van der Waals surface area contributed by atoms with E-state index in [0.717, 1.165) is 10.9 Å². The molecule has 6 heteroatoms. The molecule has 0 aliphatic heterocycles. The Balaban J connectivity index is 2.17. The summed E-state index contributed by atoms with van der Waals surface area (Å²) < 4.78 is 11.2. The zero-order valence-corrected chi connectivity index (χ0v) is 11.7. The lowest BCUT2D eigenvalue weighted by molar-refractivity contribution is 0.0956. The van der Waals surface area contributed by atoms with Crippen molar-refractivity contribution in [3.8, 4) is 0 Å². The number of carbonyl (C=O) groups is 1. The molecular formula is C13H17N3O2S. The van der Waals surface area contributed by atoms with Crippen LogP contribution in [-0.2, 0) is 10.8 Å². The van der Waals surface area contributed by atoms with Gasteiger partial charge in [-0.05, 0) is 25.1 Å². The van der Waals surface area contributed by atoms with Gasteiger partial charge in [0, 0.05) is 51.6 Å². The molecule has 4 N–H and O–H groups in total. The van der Waals surface area contributed by atoms with Gasteiger partial charge in [0.15, 0.2) is 0 Å². The van der Waals surface area contributed by atoms with Crippen molar-refractivity contribution in [1.82, 2.24) is 10.3 Å². The van der Waals surface area contributed by atoms with Crippen LogP contribution in [0.4, 0.5) is 5.69 Å². The summed E-state index contributed by atoms with van der Waals surface area (Å²) in [7, 11) is -0.947. The molecule has 2 atom stereocenters. The number of H-pyrrole nitrogens is 1. The lowest BCUT2D eigenvalue weighted by Crippen LogP contribution is -2.32. The number of hydrogen-bond acceptors (Lipinski definition) is 3. The number of aromatic nitrogens is 1. The maximum absolute atomic E-state index is 12.1. The van der Waals surface area contributed by atoms with Crippen LogP contribution >= 0.6 is 0 Å². The number of rotatable bonds is 4. The van der Waals surface area contributed by atoms with Crippen LogP contribution in [0.2, 0.25) is 0 Å². The van der Waals surface area contributed by atoms with Gasteiger partial charge in [-0.1, -0.05) is 0 Å². The molecule has 0 fully saturated rings. The fraction of sp³-hybridized carbons (Fsp3) is 0.308. The van der Waals surface area contributed by atoms with Crippen LogP contribution in [0, 0.1) is 0 Å². The minimum atomic E-state index is -0.947. The monoisotopic (exact) mass is 279 g/mol. The maximum Gasteiger partial charge on any atom is 0.253 e. The smallest absolute Gasteiger partial charge is 0.253 e. The average molecular weight is 279 g/mol. The van der Waals surface area contributed by atoms with Gasteiger partial charge in [-0.2, -0.15) is 0 Å². The van der Waals surface area contributed by atoms with Gasteiger partial charge in [-0.25, -0.2) is 0 Å². The summed E-state index contributed by atoms with van der Waals surface area (Å²) in [6.07, 6.45) is 3.29. The molecule has 0 aliphatic carbocycles. The Morgan fingerprint density at radius 3 is 2.95 bits per heavy atom. The van der Waals surface area contributed by atoms with Gasteiger partial charge >= 0.3 is 0 Å².